The van der Waals surface area contributed by atoms with Crippen LogP contribution in [0.1, 0.15) is 40.5 Å². The number of hydrogen-bond acceptors (Lipinski definition) is 6. The maximum atomic E-state index is 8.72. The first-order valence-electron chi connectivity index (χ1n) is 5.69. The van der Waals surface area contributed by atoms with Crippen LogP contribution in [0, 0.1) is 0 Å². The number of nitrogens with zero attached hydrogens (tertiary/aromatic N) is 4. The summed E-state index contributed by atoms with van der Waals surface area (Å²) >= 11 is 0. The Labute approximate surface area is 106 Å². The minimum absolute atomic E-state index is 0.0355. The van der Waals surface area contributed by atoms with Gasteiger partial charge in [-0.1, -0.05) is 24.2 Å². The van der Waals surface area contributed by atoms with Crippen molar-refractivity contribution in [2.75, 3.05) is 0 Å². The number of nitrogens with two attached hydrogens (primary N) is 2. The van der Waals surface area contributed by atoms with Gasteiger partial charge in [0, 0.05) is 0 Å². The van der Waals surface area contributed by atoms with E-state index in [0.29, 0.717) is 12.8 Å². The summed E-state index contributed by atoms with van der Waals surface area (Å²) in [4.78, 5) is 0. The fourth-order valence-corrected chi connectivity index (χ4v) is 1.04. The number of oxime groups is 2. The maximum absolute atomic E-state index is 8.72. The third-order valence-electron chi connectivity index (χ3n) is 3.19. The van der Waals surface area contributed by atoms with Crippen LogP contribution in [0.15, 0.2) is 20.5 Å². The molecular weight excluding hydrogens is 236 g/mol. The van der Waals surface area contributed by atoms with E-state index in [9.17, 15) is 0 Å². The topological polar surface area (TPSA) is 142 Å². The molecule has 0 aromatic rings. The normalized spacial score (nSPS) is 20.7. The number of hydrogen-bond donors (Lipinski definition) is 4. The lowest BCUT2D eigenvalue weighted by Crippen LogP contribution is -2.42. The lowest BCUT2D eigenvalue weighted by molar-refractivity contribution is 0.308. The van der Waals surface area contributed by atoms with Gasteiger partial charge in [-0.2, -0.15) is 10.2 Å². The summed E-state index contributed by atoms with van der Waals surface area (Å²) in [5.41, 5.74) is 9.32. The van der Waals surface area contributed by atoms with Crippen molar-refractivity contribution < 1.29 is 10.4 Å². The van der Waals surface area contributed by atoms with Gasteiger partial charge in [0.15, 0.2) is 11.7 Å². The van der Waals surface area contributed by atoms with E-state index in [4.69, 9.17) is 21.9 Å². The lowest BCUT2D eigenvalue weighted by Gasteiger charge is -2.25. The maximum Gasteiger partial charge on any atom is 0.168 e. The molecule has 104 valence electrons. The zero-order valence-corrected chi connectivity index (χ0v) is 11.3. The smallest absolute Gasteiger partial charge is 0.168 e. The molecule has 0 aliphatic heterocycles. The molecule has 0 aromatic carbocycles. The van der Waals surface area contributed by atoms with Crippen molar-refractivity contribution >= 4 is 11.7 Å². The van der Waals surface area contributed by atoms with Crippen LogP contribution in [0.25, 0.3) is 0 Å². The SMILES string of the molecule is CCC(C)(N=NC(C)(CC)C(N)=NO)C(N)=NO. The van der Waals surface area contributed by atoms with E-state index in [-0.39, 0.29) is 11.7 Å². The molecule has 8 heteroatoms. The van der Waals surface area contributed by atoms with Gasteiger partial charge in [-0.25, -0.2) is 0 Å². The molecule has 0 fully saturated rings. The highest BCUT2D eigenvalue weighted by atomic mass is 16.4. The van der Waals surface area contributed by atoms with E-state index in [1.54, 1.807) is 13.8 Å². The Morgan fingerprint density at radius 2 is 1.17 bits per heavy atom. The largest absolute Gasteiger partial charge is 0.409 e. The minimum atomic E-state index is -0.916. The fourth-order valence-electron chi connectivity index (χ4n) is 1.04. The molecule has 0 aliphatic carbocycles. The third-order valence-corrected chi connectivity index (χ3v) is 3.19. The van der Waals surface area contributed by atoms with Crippen LogP contribution in [0.5, 0.6) is 0 Å². The first kappa shape index (κ1) is 16.1. The lowest BCUT2D eigenvalue weighted by atomic mass is 9.97. The van der Waals surface area contributed by atoms with Gasteiger partial charge in [-0.05, 0) is 26.7 Å². The first-order valence-corrected chi connectivity index (χ1v) is 5.69. The standard InChI is InChI=1S/C10H22N6O2/c1-5-9(3,7(11)13-17)15-16-10(4,6-2)8(12)14-18/h17-18H,5-6H2,1-4H3,(H2,11,13)(H2,12,14). The fraction of sp³-hybridized carbons (Fsp3) is 0.800. The van der Waals surface area contributed by atoms with E-state index >= 15 is 0 Å². The van der Waals surface area contributed by atoms with E-state index in [2.05, 4.69) is 20.5 Å². The van der Waals surface area contributed by atoms with Gasteiger partial charge >= 0.3 is 0 Å². The van der Waals surface area contributed by atoms with Crippen molar-refractivity contribution in [2.24, 2.45) is 32.0 Å². The molecule has 0 heterocycles. The summed E-state index contributed by atoms with van der Waals surface area (Å²) in [6.45, 7) is 7.05. The quantitative estimate of drug-likeness (QED) is 0.187. The van der Waals surface area contributed by atoms with Gasteiger partial charge in [0.05, 0.1) is 0 Å². The third kappa shape index (κ3) is 3.31. The average molecular weight is 258 g/mol. The molecule has 6 N–H and O–H groups in total. The van der Waals surface area contributed by atoms with Crippen LogP contribution >= 0.6 is 0 Å². The Morgan fingerprint density at radius 1 is 0.889 bits per heavy atom. The van der Waals surface area contributed by atoms with E-state index in [0.717, 1.165) is 0 Å². The highest BCUT2D eigenvalue weighted by Gasteiger charge is 2.32. The Bertz CT molecular complexity index is 333. The summed E-state index contributed by atoms with van der Waals surface area (Å²) < 4.78 is 0. The van der Waals surface area contributed by atoms with Crippen molar-refractivity contribution in [3.8, 4) is 0 Å². The first-order chi connectivity index (χ1) is 8.29. The Balaban J connectivity index is 5.34. The molecule has 0 saturated heterocycles. The van der Waals surface area contributed by atoms with Crippen LogP contribution in [0.2, 0.25) is 0 Å². The second-order valence-electron chi connectivity index (χ2n) is 4.43. The van der Waals surface area contributed by atoms with E-state index < -0.39 is 11.1 Å². The van der Waals surface area contributed by atoms with Crippen LogP contribution in [-0.2, 0) is 0 Å². The average Bonchev–Trinajstić information content (AvgIpc) is 2.42. The molecule has 0 amide bonds. The summed E-state index contributed by atoms with van der Waals surface area (Å²) in [6, 6.07) is 0. The highest BCUT2D eigenvalue weighted by molar-refractivity contribution is 5.90. The molecule has 8 nitrogen and oxygen atoms in total. The second-order valence-corrected chi connectivity index (χ2v) is 4.43. The van der Waals surface area contributed by atoms with Crippen molar-refractivity contribution in [2.45, 2.75) is 51.6 Å². The van der Waals surface area contributed by atoms with E-state index in [1.807, 2.05) is 13.8 Å². The number of amidine groups is 2. The second kappa shape index (κ2) is 6.18. The van der Waals surface area contributed by atoms with Gasteiger partial charge in [-0.3, -0.25) is 0 Å². The summed E-state index contributed by atoms with van der Waals surface area (Å²) in [6.07, 6.45) is 1.00. The molecule has 0 rings (SSSR count). The van der Waals surface area contributed by atoms with E-state index in [1.165, 1.54) is 0 Å². The zero-order chi connectivity index (χ0) is 14.4. The molecule has 18 heavy (non-hydrogen) atoms. The van der Waals surface area contributed by atoms with Gasteiger partial charge in [0.2, 0.25) is 0 Å². The number of rotatable bonds is 6. The van der Waals surface area contributed by atoms with Crippen molar-refractivity contribution in [3.63, 3.8) is 0 Å². The molecule has 0 bridgehead atoms. The Hall–Kier alpha value is -1.86. The molecule has 0 aromatic heterocycles. The number of azo groups is 1. The summed E-state index contributed by atoms with van der Waals surface area (Å²) in [5.74, 6) is -0.0709. The molecule has 2 unspecified atom stereocenters. The Kier molecular flexibility index (Phi) is 5.54. The molecule has 2 atom stereocenters. The van der Waals surface area contributed by atoms with Crippen LogP contribution in [-0.4, -0.2) is 33.2 Å². The van der Waals surface area contributed by atoms with Gasteiger partial charge in [0.25, 0.3) is 0 Å². The molecular formula is C10H22N6O2. The van der Waals surface area contributed by atoms with Crippen molar-refractivity contribution in [1.82, 2.24) is 0 Å². The predicted octanol–water partition coefficient (Wildman–Crippen LogP) is 1.27. The van der Waals surface area contributed by atoms with Crippen LogP contribution in [0.3, 0.4) is 0 Å². The molecule has 0 radical (unpaired) electrons. The van der Waals surface area contributed by atoms with Crippen molar-refractivity contribution in [1.29, 1.82) is 0 Å². The van der Waals surface area contributed by atoms with Gasteiger partial charge < -0.3 is 21.9 Å². The van der Waals surface area contributed by atoms with Gasteiger partial charge in [-0.15, -0.1) is 0 Å². The van der Waals surface area contributed by atoms with Gasteiger partial charge in [0.1, 0.15) is 11.1 Å². The summed E-state index contributed by atoms with van der Waals surface area (Å²) in [5, 5.41) is 31.5. The molecule has 0 spiro atoms. The predicted molar refractivity (Wildman–Crippen MR) is 69.1 cm³/mol. The highest BCUT2D eigenvalue weighted by Crippen LogP contribution is 2.22. The summed E-state index contributed by atoms with van der Waals surface area (Å²) in [7, 11) is 0. The molecule has 0 saturated carbocycles. The Morgan fingerprint density at radius 3 is 1.33 bits per heavy atom. The monoisotopic (exact) mass is 258 g/mol. The minimum Gasteiger partial charge on any atom is -0.409 e. The van der Waals surface area contributed by atoms with Crippen LogP contribution in [0.4, 0.5) is 0 Å². The molecule has 0 aliphatic rings. The van der Waals surface area contributed by atoms with Crippen LogP contribution < -0.4 is 11.5 Å². The zero-order valence-electron chi connectivity index (χ0n) is 11.3. The van der Waals surface area contributed by atoms with Crippen molar-refractivity contribution in [3.05, 3.63) is 0 Å².